The highest BCUT2D eigenvalue weighted by Crippen LogP contribution is 2.06. The van der Waals surface area contributed by atoms with Crippen molar-refractivity contribution < 1.29 is 4.74 Å². The summed E-state index contributed by atoms with van der Waals surface area (Å²) in [5.74, 6) is 0. The Morgan fingerprint density at radius 3 is 2.50 bits per heavy atom. The lowest BCUT2D eigenvalue weighted by Crippen LogP contribution is -2.40. The van der Waals surface area contributed by atoms with Crippen molar-refractivity contribution in [1.82, 2.24) is 5.32 Å². The maximum atomic E-state index is 5.63. The molecule has 2 heteroatoms. The molecule has 0 saturated heterocycles. The van der Waals surface area contributed by atoms with E-state index < -0.39 is 0 Å². The second-order valence-electron chi connectivity index (χ2n) is 5.37. The normalized spacial score (nSPS) is 11.7. The molecule has 0 aliphatic carbocycles. The first-order valence-electron chi connectivity index (χ1n) is 7.01. The fourth-order valence-corrected chi connectivity index (χ4v) is 1.71. The van der Waals surface area contributed by atoms with Crippen LogP contribution >= 0.6 is 0 Å². The largest absolute Gasteiger partial charge is 0.380 e. The minimum atomic E-state index is 0.230. The molecule has 0 heterocycles. The van der Waals surface area contributed by atoms with Crippen molar-refractivity contribution in [1.29, 1.82) is 0 Å². The van der Waals surface area contributed by atoms with Crippen molar-refractivity contribution >= 4 is 0 Å². The number of benzene rings is 1. The summed E-state index contributed by atoms with van der Waals surface area (Å²) < 4.78 is 5.63. The van der Waals surface area contributed by atoms with Gasteiger partial charge in [0.2, 0.25) is 0 Å². The summed E-state index contributed by atoms with van der Waals surface area (Å²) in [5.41, 5.74) is 1.62. The second kappa shape index (κ2) is 8.28. The quantitative estimate of drug-likeness (QED) is 0.677. The maximum Gasteiger partial charge on any atom is 0.0591 e. The van der Waals surface area contributed by atoms with Crippen LogP contribution in [0.15, 0.2) is 30.3 Å². The van der Waals surface area contributed by atoms with Crippen LogP contribution in [0.2, 0.25) is 0 Å². The molecule has 0 spiro atoms. The van der Waals surface area contributed by atoms with Crippen molar-refractivity contribution in [2.75, 3.05) is 19.8 Å². The minimum absolute atomic E-state index is 0.230. The van der Waals surface area contributed by atoms with E-state index in [1.165, 1.54) is 5.56 Å². The van der Waals surface area contributed by atoms with Gasteiger partial charge >= 0.3 is 0 Å². The molecule has 0 aromatic heterocycles. The first kappa shape index (κ1) is 15.2. The van der Waals surface area contributed by atoms with Crippen LogP contribution in [0, 0.1) is 0 Å². The van der Waals surface area contributed by atoms with Crippen LogP contribution in [-0.4, -0.2) is 25.3 Å². The molecule has 2 nitrogen and oxygen atoms in total. The summed E-state index contributed by atoms with van der Waals surface area (Å²) in [7, 11) is 0. The van der Waals surface area contributed by atoms with Crippen molar-refractivity contribution in [2.24, 2.45) is 0 Å². The number of hydrogen-bond donors (Lipinski definition) is 1. The number of ether oxygens (including phenoxy) is 1. The SMILES string of the molecule is CCC(C)(C)NCCOCCCc1ccccc1. The zero-order valence-electron chi connectivity index (χ0n) is 12.0. The van der Waals surface area contributed by atoms with Gasteiger partial charge in [-0.2, -0.15) is 0 Å². The molecule has 0 fully saturated rings. The summed E-state index contributed by atoms with van der Waals surface area (Å²) in [6, 6.07) is 10.6. The highest BCUT2D eigenvalue weighted by molar-refractivity contribution is 5.14. The molecule has 0 amide bonds. The molecule has 0 aliphatic heterocycles. The Morgan fingerprint density at radius 2 is 1.83 bits per heavy atom. The molecule has 0 atom stereocenters. The van der Waals surface area contributed by atoms with E-state index in [1.807, 2.05) is 0 Å². The van der Waals surface area contributed by atoms with Crippen LogP contribution in [0.5, 0.6) is 0 Å². The van der Waals surface area contributed by atoms with Crippen LogP contribution in [0.25, 0.3) is 0 Å². The van der Waals surface area contributed by atoms with E-state index in [4.69, 9.17) is 4.74 Å². The Bertz CT molecular complexity index is 308. The van der Waals surface area contributed by atoms with Crippen molar-refractivity contribution in [3.05, 3.63) is 35.9 Å². The molecule has 1 N–H and O–H groups in total. The highest BCUT2D eigenvalue weighted by atomic mass is 16.5. The van der Waals surface area contributed by atoms with Crippen molar-refractivity contribution in [3.63, 3.8) is 0 Å². The zero-order chi connectivity index (χ0) is 13.3. The number of nitrogens with one attached hydrogen (secondary N) is 1. The van der Waals surface area contributed by atoms with Gasteiger partial charge in [0.15, 0.2) is 0 Å². The molecule has 0 unspecified atom stereocenters. The van der Waals surface area contributed by atoms with Gasteiger partial charge in [0, 0.05) is 18.7 Å². The summed E-state index contributed by atoms with van der Waals surface area (Å²) in [6.07, 6.45) is 3.34. The molecule has 1 rings (SSSR count). The Labute approximate surface area is 112 Å². The average molecular weight is 249 g/mol. The van der Waals surface area contributed by atoms with Gasteiger partial charge in [-0.3, -0.25) is 0 Å². The van der Waals surface area contributed by atoms with Gasteiger partial charge in [-0.15, -0.1) is 0 Å². The highest BCUT2D eigenvalue weighted by Gasteiger charge is 2.12. The molecular weight excluding hydrogens is 222 g/mol. The third kappa shape index (κ3) is 6.77. The van der Waals surface area contributed by atoms with E-state index >= 15 is 0 Å². The van der Waals surface area contributed by atoms with E-state index in [1.54, 1.807) is 0 Å². The number of rotatable bonds is 9. The predicted octanol–water partition coefficient (Wildman–Crippen LogP) is 3.41. The molecular formula is C16H27NO. The first-order valence-corrected chi connectivity index (χ1v) is 7.01. The fourth-order valence-electron chi connectivity index (χ4n) is 1.71. The van der Waals surface area contributed by atoms with Crippen LogP contribution in [-0.2, 0) is 11.2 Å². The lowest BCUT2D eigenvalue weighted by Gasteiger charge is -2.24. The van der Waals surface area contributed by atoms with E-state index in [2.05, 4.69) is 56.4 Å². The summed E-state index contributed by atoms with van der Waals surface area (Å²) in [4.78, 5) is 0. The van der Waals surface area contributed by atoms with Crippen molar-refractivity contribution in [3.8, 4) is 0 Å². The molecule has 0 bridgehead atoms. The second-order valence-corrected chi connectivity index (χ2v) is 5.37. The molecule has 0 radical (unpaired) electrons. The van der Waals surface area contributed by atoms with Gasteiger partial charge in [-0.25, -0.2) is 0 Å². The molecule has 0 saturated carbocycles. The summed E-state index contributed by atoms with van der Waals surface area (Å²) in [6.45, 7) is 9.24. The van der Waals surface area contributed by atoms with Gasteiger partial charge in [-0.05, 0) is 38.7 Å². The molecule has 0 aliphatic rings. The average Bonchev–Trinajstić information content (AvgIpc) is 2.39. The third-order valence-electron chi connectivity index (χ3n) is 3.33. The van der Waals surface area contributed by atoms with Crippen molar-refractivity contribution in [2.45, 2.75) is 45.6 Å². The third-order valence-corrected chi connectivity index (χ3v) is 3.33. The molecule has 1 aromatic carbocycles. The Morgan fingerprint density at radius 1 is 1.11 bits per heavy atom. The van der Waals surface area contributed by atoms with Crippen LogP contribution in [0.4, 0.5) is 0 Å². The monoisotopic (exact) mass is 249 g/mol. The van der Waals surface area contributed by atoms with Gasteiger partial charge in [-0.1, -0.05) is 37.3 Å². The lowest BCUT2D eigenvalue weighted by atomic mass is 10.0. The van der Waals surface area contributed by atoms with Crippen LogP contribution < -0.4 is 5.32 Å². The van der Waals surface area contributed by atoms with E-state index in [-0.39, 0.29) is 5.54 Å². The predicted molar refractivity (Wildman–Crippen MR) is 78.0 cm³/mol. The van der Waals surface area contributed by atoms with E-state index in [9.17, 15) is 0 Å². The van der Waals surface area contributed by atoms with Crippen LogP contribution in [0.1, 0.15) is 39.2 Å². The van der Waals surface area contributed by atoms with Gasteiger partial charge in [0.05, 0.1) is 6.61 Å². The van der Waals surface area contributed by atoms with Gasteiger partial charge in [0.1, 0.15) is 0 Å². The summed E-state index contributed by atoms with van der Waals surface area (Å²) in [5, 5.41) is 3.49. The molecule has 102 valence electrons. The maximum absolute atomic E-state index is 5.63. The number of hydrogen-bond acceptors (Lipinski definition) is 2. The minimum Gasteiger partial charge on any atom is -0.380 e. The first-order chi connectivity index (χ1) is 8.64. The zero-order valence-corrected chi connectivity index (χ0v) is 12.0. The fraction of sp³-hybridized carbons (Fsp3) is 0.625. The Hall–Kier alpha value is -0.860. The lowest BCUT2D eigenvalue weighted by molar-refractivity contribution is 0.127. The van der Waals surface area contributed by atoms with Crippen LogP contribution in [0.3, 0.4) is 0 Å². The molecule has 1 aromatic rings. The van der Waals surface area contributed by atoms with Gasteiger partial charge < -0.3 is 10.1 Å². The summed E-state index contributed by atoms with van der Waals surface area (Å²) >= 11 is 0. The molecule has 18 heavy (non-hydrogen) atoms. The van der Waals surface area contributed by atoms with Gasteiger partial charge in [0.25, 0.3) is 0 Å². The topological polar surface area (TPSA) is 21.3 Å². The van der Waals surface area contributed by atoms with E-state index in [0.717, 1.165) is 39.0 Å². The Balaban J connectivity index is 1.96. The van der Waals surface area contributed by atoms with E-state index in [0.29, 0.717) is 0 Å². The smallest absolute Gasteiger partial charge is 0.0591 e. The standard InChI is InChI=1S/C16H27NO/c1-4-16(2,3)17-12-14-18-13-8-11-15-9-6-5-7-10-15/h5-7,9-10,17H,4,8,11-14H2,1-3H3. The number of aryl methyl sites for hydroxylation is 1. The Kier molecular flexibility index (Phi) is 6.99.